The molecule has 1 aliphatic heterocycles. The largest absolute Gasteiger partial charge is 0.380 e. The molecule has 0 aromatic heterocycles. The first-order chi connectivity index (χ1) is 9.10. The molecule has 0 spiro atoms. The van der Waals surface area contributed by atoms with Crippen LogP contribution in [0.4, 0.5) is 0 Å². The van der Waals surface area contributed by atoms with Gasteiger partial charge >= 0.3 is 0 Å². The molecule has 4 heteroatoms. The maximum atomic E-state index is 12.2. The highest BCUT2D eigenvalue weighted by Crippen LogP contribution is 2.20. The fourth-order valence-corrected chi connectivity index (χ4v) is 2.90. The Balaban J connectivity index is 1.96. The predicted molar refractivity (Wildman–Crippen MR) is 79.5 cm³/mol. The Morgan fingerprint density at radius 2 is 2.32 bits per heavy atom. The minimum atomic E-state index is 0.172. The molecular weight excluding hydrogens is 306 g/mol. The lowest BCUT2D eigenvalue weighted by atomic mass is 9.95. The molecule has 1 saturated heterocycles. The van der Waals surface area contributed by atoms with Crippen LogP contribution in [0.3, 0.4) is 0 Å². The van der Waals surface area contributed by atoms with Crippen molar-refractivity contribution in [3.8, 4) is 0 Å². The minimum Gasteiger partial charge on any atom is -0.380 e. The molecular formula is C15H20BrNO2. The fraction of sp³-hybridized carbons (Fsp3) is 0.533. The smallest absolute Gasteiger partial charge is 0.176 e. The monoisotopic (exact) mass is 325 g/mol. The first kappa shape index (κ1) is 14.7. The summed E-state index contributed by atoms with van der Waals surface area (Å²) in [4.78, 5) is 14.4. The molecule has 1 aromatic carbocycles. The second-order valence-corrected chi connectivity index (χ2v) is 6.12. The van der Waals surface area contributed by atoms with Crippen LogP contribution in [-0.4, -0.2) is 43.5 Å². The van der Waals surface area contributed by atoms with Crippen LogP contribution in [0.1, 0.15) is 23.7 Å². The zero-order valence-corrected chi connectivity index (χ0v) is 13.0. The van der Waals surface area contributed by atoms with Crippen LogP contribution in [0.5, 0.6) is 0 Å². The van der Waals surface area contributed by atoms with E-state index in [9.17, 15) is 4.79 Å². The standard InChI is InChI=1S/C15H20BrNO2/c1-11-6-7-17(10-15(11)19-2)9-14(18)12-4-3-5-13(16)8-12/h3-5,8,11,15H,6-7,9-10H2,1-2H3. The lowest BCUT2D eigenvalue weighted by Gasteiger charge is -2.35. The average Bonchev–Trinajstić information content (AvgIpc) is 2.41. The molecule has 0 N–H and O–H groups in total. The van der Waals surface area contributed by atoms with Gasteiger partial charge in [-0.1, -0.05) is 35.0 Å². The van der Waals surface area contributed by atoms with Crippen LogP contribution in [-0.2, 0) is 4.74 Å². The van der Waals surface area contributed by atoms with E-state index < -0.39 is 0 Å². The summed E-state index contributed by atoms with van der Waals surface area (Å²) in [5, 5.41) is 0. The number of ether oxygens (including phenoxy) is 1. The highest BCUT2D eigenvalue weighted by molar-refractivity contribution is 9.10. The van der Waals surface area contributed by atoms with Gasteiger partial charge in [-0.15, -0.1) is 0 Å². The Morgan fingerprint density at radius 1 is 1.53 bits per heavy atom. The third-order valence-electron chi connectivity index (χ3n) is 3.79. The Bertz CT molecular complexity index is 450. The first-order valence-corrected chi connectivity index (χ1v) is 7.43. The van der Waals surface area contributed by atoms with Crippen molar-refractivity contribution in [2.75, 3.05) is 26.7 Å². The van der Waals surface area contributed by atoms with Crippen molar-refractivity contribution in [2.24, 2.45) is 5.92 Å². The lowest BCUT2D eigenvalue weighted by molar-refractivity contribution is -0.00324. The number of rotatable bonds is 4. The molecule has 2 atom stereocenters. The summed E-state index contributed by atoms with van der Waals surface area (Å²) in [6.07, 6.45) is 1.33. The van der Waals surface area contributed by atoms with Crippen LogP contribution in [0, 0.1) is 5.92 Å². The Morgan fingerprint density at radius 3 is 3.00 bits per heavy atom. The molecule has 1 aliphatic rings. The van der Waals surface area contributed by atoms with Crippen LogP contribution in [0.15, 0.2) is 28.7 Å². The molecule has 1 heterocycles. The molecule has 0 radical (unpaired) electrons. The molecule has 2 rings (SSSR count). The molecule has 1 aromatic rings. The highest BCUT2D eigenvalue weighted by atomic mass is 79.9. The summed E-state index contributed by atoms with van der Waals surface area (Å²) < 4.78 is 6.42. The molecule has 0 saturated carbocycles. The van der Waals surface area contributed by atoms with Gasteiger partial charge in [0.15, 0.2) is 5.78 Å². The van der Waals surface area contributed by atoms with E-state index in [-0.39, 0.29) is 11.9 Å². The van der Waals surface area contributed by atoms with Gasteiger partial charge in [-0.05, 0) is 31.0 Å². The van der Waals surface area contributed by atoms with Gasteiger partial charge in [0.1, 0.15) is 0 Å². The van der Waals surface area contributed by atoms with Gasteiger partial charge in [0.05, 0.1) is 12.6 Å². The number of methoxy groups -OCH3 is 1. The SMILES string of the molecule is COC1CN(CC(=O)c2cccc(Br)c2)CCC1C. The van der Waals surface area contributed by atoms with Crippen molar-refractivity contribution < 1.29 is 9.53 Å². The van der Waals surface area contributed by atoms with Crippen molar-refractivity contribution in [1.82, 2.24) is 4.90 Å². The Kier molecular flexibility index (Phi) is 5.13. The van der Waals surface area contributed by atoms with Crippen molar-refractivity contribution in [3.63, 3.8) is 0 Å². The maximum absolute atomic E-state index is 12.2. The molecule has 0 amide bonds. The summed E-state index contributed by atoms with van der Waals surface area (Å²) in [5.41, 5.74) is 0.766. The van der Waals surface area contributed by atoms with E-state index >= 15 is 0 Å². The van der Waals surface area contributed by atoms with Crippen LogP contribution >= 0.6 is 15.9 Å². The Labute approximate surface area is 123 Å². The number of benzene rings is 1. The van der Waals surface area contributed by atoms with E-state index in [1.165, 1.54) is 0 Å². The number of likely N-dealkylation sites (tertiary alicyclic amines) is 1. The zero-order chi connectivity index (χ0) is 13.8. The summed E-state index contributed by atoms with van der Waals surface area (Å²) >= 11 is 3.40. The van der Waals surface area contributed by atoms with Gasteiger partial charge in [-0.2, -0.15) is 0 Å². The fourth-order valence-electron chi connectivity index (χ4n) is 2.50. The quantitative estimate of drug-likeness (QED) is 0.797. The second kappa shape index (κ2) is 6.64. The number of hydrogen-bond donors (Lipinski definition) is 0. The maximum Gasteiger partial charge on any atom is 0.176 e. The summed E-state index contributed by atoms with van der Waals surface area (Å²) in [6.45, 7) is 4.50. The van der Waals surface area contributed by atoms with Gasteiger partial charge in [0, 0.05) is 23.7 Å². The molecule has 3 nitrogen and oxygen atoms in total. The number of halogens is 1. The second-order valence-electron chi connectivity index (χ2n) is 5.21. The van der Waals surface area contributed by atoms with E-state index in [2.05, 4.69) is 27.8 Å². The first-order valence-electron chi connectivity index (χ1n) is 6.64. The summed E-state index contributed by atoms with van der Waals surface area (Å²) in [6, 6.07) is 7.57. The van der Waals surface area contributed by atoms with Gasteiger partial charge in [-0.3, -0.25) is 9.69 Å². The molecule has 104 valence electrons. The number of nitrogens with zero attached hydrogens (tertiary/aromatic N) is 1. The summed E-state index contributed by atoms with van der Waals surface area (Å²) in [7, 11) is 1.75. The van der Waals surface area contributed by atoms with Gasteiger partial charge in [0.25, 0.3) is 0 Å². The molecule has 19 heavy (non-hydrogen) atoms. The predicted octanol–water partition coefficient (Wildman–Crippen LogP) is 2.99. The van der Waals surface area contributed by atoms with Crippen LogP contribution in [0.2, 0.25) is 0 Å². The third-order valence-corrected chi connectivity index (χ3v) is 4.28. The number of piperidine rings is 1. The topological polar surface area (TPSA) is 29.5 Å². The number of carbonyl (C=O) groups is 1. The third kappa shape index (κ3) is 3.88. The van der Waals surface area contributed by atoms with E-state index in [1.54, 1.807) is 7.11 Å². The van der Waals surface area contributed by atoms with E-state index in [0.717, 1.165) is 29.5 Å². The van der Waals surface area contributed by atoms with E-state index in [4.69, 9.17) is 4.74 Å². The molecule has 0 bridgehead atoms. The highest BCUT2D eigenvalue weighted by Gasteiger charge is 2.27. The van der Waals surface area contributed by atoms with Gasteiger partial charge in [0.2, 0.25) is 0 Å². The molecule has 2 unspecified atom stereocenters. The lowest BCUT2D eigenvalue weighted by Crippen LogP contribution is -2.45. The van der Waals surface area contributed by atoms with Gasteiger partial charge < -0.3 is 4.74 Å². The van der Waals surface area contributed by atoms with Crippen molar-refractivity contribution in [3.05, 3.63) is 34.3 Å². The van der Waals surface area contributed by atoms with Crippen molar-refractivity contribution in [1.29, 1.82) is 0 Å². The van der Waals surface area contributed by atoms with Crippen molar-refractivity contribution >= 4 is 21.7 Å². The van der Waals surface area contributed by atoms with Crippen LogP contribution in [0.25, 0.3) is 0 Å². The van der Waals surface area contributed by atoms with E-state index in [0.29, 0.717) is 12.5 Å². The van der Waals surface area contributed by atoms with Gasteiger partial charge in [-0.25, -0.2) is 0 Å². The minimum absolute atomic E-state index is 0.172. The average molecular weight is 326 g/mol. The number of hydrogen-bond acceptors (Lipinski definition) is 3. The Hall–Kier alpha value is -0.710. The zero-order valence-electron chi connectivity index (χ0n) is 11.4. The normalized spacial score (nSPS) is 24.4. The number of Topliss-reactive ketones (excluding diaryl/α,β-unsaturated/α-hetero) is 1. The van der Waals surface area contributed by atoms with E-state index in [1.807, 2.05) is 24.3 Å². The molecule has 0 aliphatic carbocycles. The van der Waals surface area contributed by atoms with Crippen molar-refractivity contribution in [2.45, 2.75) is 19.4 Å². The number of carbonyl (C=O) groups excluding carboxylic acids is 1. The summed E-state index contributed by atoms with van der Waals surface area (Å²) in [5.74, 6) is 0.743. The van der Waals surface area contributed by atoms with Crippen LogP contribution < -0.4 is 0 Å². The molecule has 1 fully saturated rings. The number of ketones is 1.